The first-order chi connectivity index (χ1) is 8.04. The van der Waals surface area contributed by atoms with Gasteiger partial charge in [0, 0.05) is 25.4 Å². The average Bonchev–Trinajstić information content (AvgIpc) is 2.26. The molecule has 17 heavy (non-hydrogen) atoms. The predicted octanol–water partition coefficient (Wildman–Crippen LogP) is 3.05. The highest BCUT2D eigenvalue weighted by atomic mass is 79.9. The maximum atomic E-state index is 10.6. The summed E-state index contributed by atoms with van der Waals surface area (Å²) in [4.78, 5) is 10.2. The van der Waals surface area contributed by atoms with Crippen LogP contribution in [0.15, 0.2) is 22.7 Å². The van der Waals surface area contributed by atoms with Crippen LogP contribution < -0.4 is 5.32 Å². The van der Waals surface area contributed by atoms with Gasteiger partial charge in [-0.1, -0.05) is 6.92 Å². The molecule has 1 aromatic carbocycles. The van der Waals surface area contributed by atoms with Gasteiger partial charge in [-0.2, -0.15) is 0 Å². The average molecular weight is 303 g/mol. The third-order valence-corrected chi connectivity index (χ3v) is 2.89. The Kier molecular flexibility index (Phi) is 5.37. The number of halogens is 1. The number of nitrogens with zero attached hydrogens (tertiary/aromatic N) is 1. The van der Waals surface area contributed by atoms with Crippen molar-refractivity contribution >= 4 is 27.3 Å². The first kappa shape index (κ1) is 13.9. The maximum Gasteiger partial charge on any atom is 0.283 e. The number of nitrogens with one attached hydrogen (secondary N) is 1. The third-order valence-electron chi connectivity index (χ3n) is 2.25. The highest BCUT2D eigenvalue weighted by molar-refractivity contribution is 9.10. The lowest BCUT2D eigenvalue weighted by molar-refractivity contribution is -0.385. The molecule has 1 rings (SSSR count). The minimum absolute atomic E-state index is 0.0699. The van der Waals surface area contributed by atoms with Crippen LogP contribution in [0.3, 0.4) is 0 Å². The summed E-state index contributed by atoms with van der Waals surface area (Å²) in [7, 11) is 1.67. The Morgan fingerprint density at radius 3 is 2.82 bits per heavy atom. The first-order valence-electron chi connectivity index (χ1n) is 5.21. The molecular weight excluding hydrogens is 288 g/mol. The summed E-state index contributed by atoms with van der Waals surface area (Å²) in [6, 6.07) is 4.88. The van der Waals surface area contributed by atoms with E-state index in [1.54, 1.807) is 19.2 Å². The van der Waals surface area contributed by atoms with Gasteiger partial charge in [0.2, 0.25) is 0 Å². The van der Waals surface area contributed by atoms with Gasteiger partial charge in [-0.3, -0.25) is 10.1 Å². The molecule has 6 heteroatoms. The van der Waals surface area contributed by atoms with E-state index in [1.165, 1.54) is 6.07 Å². The molecule has 0 heterocycles. The Bertz CT molecular complexity index is 398. The predicted molar refractivity (Wildman–Crippen MR) is 70.3 cm³/mol. The number of hydrogen-bond acceptors (Lipinski definition) is 4. The van der Waals surface area contributed by atoms with E-state index in [1.807, 2.05) is 0 Å². The lowest BCUT2D eigenvalue weighted by atomic mass is 10.2. The lowest BCUT2D eigenvalue weighted by Crippen LogP contribution is -2.15. The molecule has 0 aliphatic rings. The molecule has 1 unspecified atom stereocenters. The Morgan fingerprint density at radius 1 is 1.59 bits per heavy atom. The smallest absolute Gasteiger partial charge is 0.283 e. The molecule has 1 atom stereocenters. The van der Waals surface area contributed by atoms with Gasteiger partial charge in [-0.15, -0.1) is 0 Å². The largest absolute Gasteiger partial charge is 0.385 e. The van der Waals surface area contributed by atoms with Crippen LogP contribution in [-0.4, -0.2) is 25.2 Å². The number of rotatable bonds is 6. The molecule has 0 saturated heterocycles. The standard InChI is InChI=1S/C11H15BrN2O3/c1-8(7-17-2)6-13-9-3-4-11(14(15)16)10(12)5-9/h3-5,8,13H,6-7H2,1-2H3. The van der Waals surface area contributed by atoms with Crippen LogP contribution in [0, 0.1) is 16.0 Å². The Balaban J connectivity index is 2.62. The van der Waals surface area contributed by atoms with Crippen LogP contribution in [0.5, 0.6) is 0 Å². The third kappa shape index (κ3) is 4.32. The molecule has 0 aliphatic carbocycles. The zero-order chi connectivity index (χ0) is 12.8. The van der Waals surface area contributed by atoms with Crippen LogP contribution in [0.25, 0.3) is 0 Å². The van der Waals surface area contributed by atoms with Gasteiger partial charge in [-0.05, 0) is 34.0 Å². The molecule has 0 bridgehead atoms. The van der Waals surface area contributed by atoms with Crippen LogP contribution in [0.1, 0.15) is 6.92 Å². The van der Waals surface area contributed by atoms with Crippen molar-refractivity contribution in [2.45, 2.75) is 6.92 Å². The van der Waals surface area contributed by atoms with Crippen LogP contribution in [0.4, 0.5) is 11.4 Å². The normalized spacial score (nSPS) is 12.2. The van der Waals surface area contributed by atoms with Gasteiger partial charge >= 0.3 is 0 Å². The second kappa shape index (κ2) is 6.56. The van der Waals surface area contributed by atoms with Crippen molar-refractivity contribution in [3.8, 4) is 0 Å². The van der Waals surface area contributed by atoms with Crippen molar-refractivity contribution < 1.29 is 9.66 Å². The molecule has 0 saturated carbocycles. The molecule has 94 valence electrons. The van der Waals surface area contributed by atoms with Crippen LogP contribution in [-0.2, 0) is 4.74 Å². The Morgan fingerprint density at radius 2 is 2.29 bits per heavy atom. The lowest BCUT2D eigenvalue weighted by Gasteiger charge is -2.12. The van der Waals surface area contributed by atoms with Crippen molar-refractivity contribution in [1.82, 2.24) is 0 Å². The fourth-order valence-electron chi connectivity index (χ4n) is 1.40. The summed E-state index contributed by atoms with van der Waals surface area (Å²) in [5, 5.41) is 13.8. The molecule has 0 spiro atoms. The summed E-state index contributed by atoms with van der Waals surface area (Å²) < 4.78 is 5.51. The van der Waals surface area contributed by atoms with Gasteiger partial charge in [0.25, 0.3) is 5.69 Å². The van der Waals surface area contributed by atoms with Gasteiger partial charge in [0.1, 0.15) is 0 Å². The van der Waals surface area contributed by atoms with E-state index in [2.05, 4.69) is 28.2 Å². The SMILES string of the molecule is COCC(C)CNc1ccc([N+](=O)[O-])c(Br)c1. The molecule has 0 amide bonds. The van der Waals surface area contributed by atoms with Crippen molar-refractivity contribution in [3.05, 3.63) is 32.8 Å². The van der Waals surface area contributed by atoms with E-state index in [0.717, 1.165) is 12.2 Å². The summed E-state index contributed by atoms with van der Waals surface area (Å²) >= 11 is 3.18. The first-order valence-corrected chi connectivity index (χ1v) is 6.00. The Labute approximate surface area is 108 Å². The molecule has 0 aromatic heterocycles. The number of benzene rings is 1. The maximum absolute atomic E-state index is 10.6. The molecule has 0 aliphatic heterocycles. The fraction of sp³-hybridized carbons (Fsp3) is 0.455. The van der Waals surface area contributed by atoms with E-state index in [-0.39, 0.29) is 5.69 Å². The second-order valence-electron chi connectivity index (χ2n) is 3.86. The minimum atomic E-state index is -0.415. The number of hydrogen-bond donors (Lipinski definition) is 1. The summed E-state index contributed by atoms with van der Waals surface area (Å²) in [5.74, 6) is 0.383. The van der Waals surface area contributed by atoms with Crippen molar-refractivity contribution in [2.24, 2.45) is 5.92 Å². The number of ether oxygens (including phenoxy) is 1. The fourth-order valence-corrected chi connectivity index (χ4v) is 1.92. The van der Waals surface area contributed by atoms with Crippen LogP contribution >= 0.6 is 15.9 Å². The quantitative estimate of drug-likeness (QED) is 0.648. The highest BCUT2D eigenvalue weighted by Crippen LogP contribution is 2.27. The second-order valence-corrected chi connectivity index (χ2v) is 4.72. The molecule has 0 fully saturated rings. The number of nitro groups is 1. The summed E-state index contributed by atoms with van der Waals surface area (Å²) in [6.45, 7) is 3.51. The van der Waals surface area contributed by atoms with Gasteiger partial charge in [0.05, 0.1) is 16.0 Å². The van der Waals surface area contributed by atoms with Crippen LogP contribution in [0.2, 0.25) is 0 Å². The van der Waals surface area contributed by atoms with E-state index < -0.39 is 4.92 Å². The van der Waals surface area contributed by atoms with E-state index in [4.69, 9.17) is 4.74 Å². The number of methoxy groups -OCH3 is 1. The van der Waals surface area contributed by atoms with Gasteiger partial charge in [0.15, 0.2) is 0 Å². The van der Waals surface area contributed by atoms with Gasteiger partial charge in [-0.25, -0.2) is 0 Å². The van der Waals surface area contributed by atoms with E-state index in [9.17, 15) is 10.1 Å². The highest BCUT2D eigenvalue weighted by Gasteiger charge is 2.11. The summed E-state index contributed by atoms with van der Waals surface area (Å²) in [6.07, 6.45) is 0. The zero-order valence-corrected chi connectivity index (χ0v) is 11.4. The number of anilines is 1. The molecule has 0 radical (unpaired) electrons. The van der Waals surface area contributed by atoms with Gasteiger partial charge < -0.3 is 10.1 Å². The molecule has 1 N–H and O–H groups in total. The minimum Gasteiger partial charge on any atom is -0.385 e. The molecular formula is C11H15BrN2O3. The molecule has 5 nitrogen and oxygen atoms in total. The topological polar surface area (TPSA) is 64.4 Å². The molecule has 1 aromatic rings. The van der Waals surface area contributed by atoms with Crippen molar-refractivity contribution in [3.63, 3.8) is 0 Å². The number of nitro benzene ring substituents is 1. The van der Waals surface area contributed by atoms with Crippen molar-refractivity contribution in [2.75, 3.05) is 25.6 Å². The zero-order valence-electron chi connectivity index (χ0n) is 9.77. The monoisotopic (exact) mass is 302 g/mol. The van der Waals surface area contributed by atoms with E-state index >= 15 is 0 Å². The van der Waals surface area contributed by atoms with Crippen molar-refractivity contribution in [1.29, 1.82) is 0 Å². The summed E-state index contributed by atoms with van der Waals surface area (Å²) in [5.41, 5.74) is 0.922. The Hall–Kier alpha value is -1.14. The van der Waals surface area contributed by atoms with E-state index in [0.29, 0.717) is 17.0 Å².